The highest BCUT2D eigenvalue weighted by molar-refractivity contribution is 5.33. The predicted molar refractivity (Wildman–Crippen MR) is 69.6 cm³/mol. The molecule has 1 heterocycles. The molecule has 1 N–H and O–H groups in total. The summed E-state index contributed by atoms with van der Waals surface area (Å²) in [4.78, 5) is 12.2. The Morgan fingerprint density at radius 3 is 2.44 bits per heavy atom. The minimum atomic E-state index is -0.308. The smallest absolute Gasteiger partial charge is 0.274 e. The van der Waals surface area contributed by atoms with Crippen LogP contribution in [0, 0.1) is 18.7 Å². The Bertz CT molecular complexity index is 593. The highest BCUT2D eigenvalue weighted by atomic mass is 19.1. The highest BCUT2D eigenvalue weighted by Crippen LogP contribution is 2.11. The number of nitrogens with one attached hydrogen (secondary N) is 1. The first kappa shape index (κ1) is 12.6. The van der Waals surface area contributed by atoms with Crippen LogP contribution in [-0.4, -0.2) is 9.78 Å². The number of aryl methyl sites for hydroxylation is 1. The first-order valence-electron chi connectivity index (χ1n) is 6.05. The summed E-state index contributed by atoms with van der Waals surface area (Å²) in [5.74, 6) is 0.117. The van der Waals surface area contributed by atoms with Crippen LogP contribution in [0.25, 0.3) is 5.69 Å². The number of hydrogen-bond donors (Lipinski definition) is 1. The molecule has 0 aliphatic carbocycles. The van der Waals surface area contributed by atoms with E-state index in [2.05, 4.69) is 18.9 Å². The van der Waals surface area contributed by atoms with Crippen LogP contribution in [0.5, 0.6) is 0 Å². The van der Waals surface area contributed by atoms with Crippen molar-refractivity contribution < 1.29 is 4.39 Å². The molecule has 0 bridgehead atoms. The molecular weight excluding hydrogens is 231 g/mol. The van der Waals surface area contributed by atoms with Crippen molar-refractivity contribution in [3.05, 3.63) is 51.7 Å². The monoisotopic (exact) mass is 248 g/mol. The van der Waals surface area contributed by atoms with Gasteiger partial charge in [-0.2, -0.15) is 0 Å². The molecule has 0 saturated heterocycles. The van der Waals surface area contributed by atoms with Crippen molar-refractivity contribution in [1.82, 2.24) is 9.78 Å². The van der Waals surface area contributed by atoms with Crippen molar-refractivity contribution in [1.29, 1.82) is 0 Å². The van der Waals surface area contributed by atoms with Gasteiger partial charge in [-0.3, -0.25) is 9.89 Å². The zero-order valence-electron chi connectivity index (χ0n) is 10.8. The summed E-state index contributed by atoms with van der Waals surface area (Å²) in [6.45, 7) is 6.04. The summed E-state index contributed by atoms with van der Waals surface area (Å²) in [5, 5.41) is 3.04. The minimum absolute atomic E-state index is 0.0483. The van der Waals surface area contributed by atoms with Gasteiger partial charge in [0.15, 0.2) is 0 Å². The van der Waals surface area contributed by atoms with Gasteiger partial charge in [0.25, 0.3) is 5.56 Å². The van der Waals surface area contributed by atoms with Crippen LogP contribution < -0.4 is 5.56 Å². The Morgan fingerprint density at radius 1 is 1.28 bits per heavy atom. The quantitative estimate of drug-likeness (QED) is 0.891. The van der Waals surface area contributed by atoms with Crippen LogP contribution in [-0.2, 0) is 6.42 Å². The van der Waals surface area contributed by atoms with Crippen LogP contribution >= 0.6 is 0 Å². The van der Waals surface area contributed by atoms with Gasteiger partial charge in [0.2, 0.25) is 0 Å². The Kier molecular flexibility index (Phi) is 3.36. The third-order valence-electron chi connectivity index (χ3n) is 2.89. The average molecular weight is 248 g/mol. The SMILES string of the molecule is Cc1[nH]n(-c2ccc(F)cc2)c(=O)c1CC(C)C. The molecule has 0 saturated carbocycles. The molecule has 0 aliphatic heterocycles. The van der Waals surface area contributed by atoms with Crippen molar-refractivity contribution in [2.45, 2.75) is 27.2 Å². The van der Waals surface area contributed by atoms with E-state index in [0.717, 1.165) is 17.7 Å². The Hall–Kier alpha value is -1.84. The number of aromatic amines is 1. The first-order valence-corrected chi connectivity index (χ1v) is 6.05. The largest absolute Gasteiger partial charge is 0.295 e. The predicted octanol–water partition coefficient (Wildman–Crippen LogP) is 2.81. The van der Waals surface area contributed by atoms with Crippen LogP contribution in [0.1, 0.15) is 25.1 Å². The van der Waals surface area contributed by atoms with E-state index in [1.165, 1.54) is 16.8 Å². The van der Waals surface area contributed by atoms with E-state index in [0.29, 0.717) is 11.6 Å². The lowest BCUT2D eigenvalue weighted by atomic mass is 10.0. The first-order chi connectivity index (χ1) is 8.49. The van der Waals surface area contributed by atoms with Crippen molar-refractivity contribution in [3.8, 4) is 5.69 Å². The van der Waals surface area contributed by atoms with Crippen molar-refractivity contribution in [3.63, 3.8) is 0 Å². The topological polar surface area (TPSA) is 37.8 Å². The summed E-state index contributed by atoms with van der Waals surface area (Å²) < 4.78 is 14.3. The van der Waals surface area contributed by atoms with Crippen LogP contribution in [0.4, 0.5) is 4.39 Å². The highest BCUT2D eigenvalue weighted by Gasteiger charge is 2.13. The van der Waals surface area contributed by atoms with Gasteiger partial charge >= 0.3 is 0 Å². The van der Waals surface area contributed by atoms with E-state index < -0.39 is 0 Å². The molecule has 18 heavy (non-hydrogen) atoms. The summed E-state index contributed by atoms with van der Waals surface area (Å²) in [6.07, 6.45) is 0.745. The fourth-order valence-corrected chi connectivity index (χ4v) is 2.00. The lowest BCUT2D eigenvalue weighted by molar-refractivity contribution is 0.626. The van der Waals surface area contributed by atoms with E-state index in [1.54, 1.807) is 12.1 Å². The molecule has 0 amide bonds. The molecule has 0 radical (unpaired) electrons. The van der Waals surface area contributed by atoms with Gasteiger partial charge in [0, 0.05) is 11.3 Å². The second-order valence-electron chi connectivity index (χ2n) is 4.93. The van der Waals surface area contributed by atoms with Crippen molar-refractivity contribution in [2.24, 2.45) is 5.92 Å². The third-order valence-corrected chi connectivity index (χ3v) is 2.89. The molecule has 3 nitrogen and oxygen atoms in total. The van der Waals surface area contributed by atoms with Gasteiger partial charge in [0.05, 0.1) is 5.69 Å². The Labute approximate surface area is 105 Å². The molecule has 96 valence electrons. The second-order valence-corrected chi connectivity index (χ2v) is 4.93. The molecule has 0 atom stereocenters. The maximum Gasteiger partial charge on any atom is 0.274 e. The lowest BCUT2D eigenvalue weighted by Crippen LogP contribution is -2.18. The number of hydrogen-bond acceptors (Lipinski definition) is 1. The number of aromatic nitrogens is 2. The summed E-state index contributed by atoms with van der Waals surface area (Å²) in [5.41, 5.74) is 2.28. The van der Waals surface area contributed by atoms with E-state index in [-0.39, 0.29) is 11.4 Å². The summed E-state index contributed by atoms with van der Waals surface area (Å²) in [7, 11) is 0. The fourth-order valence-electron chi connectivity index (χ4n) is 2.00. The molecule has 0 fully saturated rings. The molecule has 1 aromatic heterocycles. The molecule has 2 aromatic rings. The molecule has 4 heteroatoms. The molecule has 0 aliphatic rings. The standard InChI is InChI=1S/C14H17FN2O/c1-9(2)8-13-10(3)16-17(14(13)18)12-6-4-11(15)5-7-12/h4-7,9,16H,8H2,1-3H3. The number of nitrogens with zero attached hydrogens (tertiary/aromatic N) is 1. The number of halogens is 1. The van der Waals surface area contributed by atoms with Gasteiger partial charge in [-0.15, -0.1) is 0 Å². The number of rotatable bonds is 3. The van der Waals surface area contributed by atoms with Crippen LogP contribution in [0.2, 0.25) is 0 Å². The number of benzene rings is 1. The molecule has 0 spiro atoms. The molecular formula is C14H17FN2O. The van der Waals surface area contributed by atoms with Crippen LogP contribution in [0.3, 0.4) is 0 Å². The lowest BCUT2D eigenvalue weighted by Gasteiger charge is -2.01. The van der Waals surface area contributed by atoms with E-state index in [1.807, 2.05) is 6.92 Å². The Balaban J connectivity index is 2.47. The summed E-state index contributed by atoms with van der Waals surface area (Å²) >= 11 is 0. The van der Waals surface area contributed by atoms with Gasteiger partial charge in [-0.1, -0.05) is 13.8 Å². The zero-order valence-corrected chi connectivity index (χ0v) is 10.8. The molecule has 2 rings (SSSR count). The van der Waals surface area contributed by atoms with Gasteiger partial charge < -0.3 is 0 Å². The minimum Gasteiger partial charge on any atom is -0.295 e. The normalized spacial score (nSPS) is 11.2. The Morgan fingerprint density at radius 2 is 1.89 bits per heavy atom. The number of H-pyrrole nitrogens is 1. The van der Waals surface area contributed by atoms with E-state index in [9.17, 15) is 9.18 Å². The van der Waals surface area contributed by atoms with Crippen molar-refractivity contribution >= 4 is 0 Å². The van der Waals surface area contributed by atoms with Crippen LogP contribution in [0.15, 0.2) is 29.1 Å². The van der Waals surface area contributed by atoms with Gasteiger partial charge in [0.1, 0.15) is 5.82 Å². The average Bonchev–Trinajstić information content (AvgIpc) is 2.58. The molecule has 1 aromatic carbocycles. The second kappa shape index (κ2) is 4.80. The summed E-state index contributed by atoms with van der Waals surface area (Å²) in [6, 6.07) is 5.87. The van der Waals surface area contributed by atoms with Gasteiger partial charge in [-0.25, -0.2) is 9.07 Å². The maximum absolute atomic E-state index is 12.9. The van der Waals surface area contributed by atoms with Gasteiger partial charge in [-0.05, 0) is 43.5 Å². The molecule has 0 unspecified atom stereocenters. The van der Waals surface area contributed by atoms with E-state index in [4.69, 9.17) is 0 Å². The maximum atomic E-state index is 12.9. The third kappa shape index (κ3) is 2.37. The zero-order chi connectivity index (χ0) is 13.3. The fraction of sp³-hybridized carbons (Fsp3) is 0.357. The van der Waals surface area contributed by atoms with Crippen molar-refractivity contribution in [2.75, 3.05) is 0 Å². The van der Waals surface area contributed by atoms with E-state index >= 15 is 0 Å².